The molecule has 0 amide bonds. The third-order valence-electron chi connectivity index (χ3n) is 2.56. The summed E-state index contributed by atoms with van der Waals surface area (Å²) in [7, 11) is -3.08. The molecule has 98 valence electrons. The first-order valence-electron chi connectivity index (χ1n) is 5.47. The van der Waals surface area contributed by atoms with E-state index >= 15 is 0 Å². The van der Waals surface area contributed by atoms with Gasteiger partial charge in [0.25, 0.3) is 0 Å². The van der Waals surface area contributed by atoms with Crippen molar-refractivity contribution < 1.29 is 8.42 Å². The molecule has 0 radical (unpaired) electrons. The molecule has 0 bridgehead atoms. The van der Waals surface area contributed by atoms with Crippen molar-refractivity contribution >= 4 is 21.2 Å². The zero-order valence-corrected chi connectivity index (χ0v) is 12.0. The molecule has 0 saturated carbocycles. The summed E-state index contributed by atoms with van der Waals surface area (Å²) in [5.41, 5.74) is 1.40. The van der Waals surface area contributed by atoms with Gasteiger partial charge in [-0.05, 0) is 13.8 Å². The molecule has 0 fully saturated rings. The number of aryl methyl sites for hydroxylation is 2. The lowest BCUT2D eigenvalue weighted by Crippen LogP contribution is -2.06. The van der Waals surface area contributed by atoms with Gasteiger partial charge in [-0.25, -0.2) is 13.4 Å². The lowest BCUT2D eigenvalue weighted by Gasteiger charge is -1.95. The van der Waals surface area contributed by atoms with Gasteiger partial charge in [0.15, 0.2) is 9.84 Å². The normalized spacial score (nSPS) is 11.9. The van der Waals surface area contributed by atoms with Gasteiger partial charge in [0.05, 0.1) is 23.3 Å². The van der Waals surface area contributed by atoms with E-state index < -0.39 is 9.84 Å². The molecule has 2 heterocycles. The van der Waals surface area contributed by atoms with Gasteiger partial charge in [-0.1, -0.05) is 23.5 Å². The lowest BCUT2D eigenvalue weighted by molar-refractivity contribution is 0.595. The molecule has 0 N–H and O–H groups in total. The van der Waals surface area contributed by atoms with Crippen molar-refractivity contribution in [3.8, 4) is 5.13 Å². The van der Waals surface area contributed by atoms with Crippen LogP contribution in [0.1, 0.15) is 23.2 Å². The minimum absolute atomic E-state index is 0.0765. The van der Waals surface area contributed by atoms with Crippen LogP contribution in [0, 0.1) is 13.8 Å². The second-order valence-electron chi connectivity index (χ2n) is 3.97. The van der Waals surface area contributed by atoms with Gasteiger partial charge in [-0.15, -0.1) is 5.10 Å². The quantitative estimate of drug-likeness (QED) is 0.846. The Hall–Kier alpha value is -1.28. The summed E-state index contributed by atoms with van der Waals surface area (Å²) in [6.07, 6.45) is 1.62. The Labute approximate surface area is 110 Å². The van der Waals surface area contributed by atoms with Crippen LogP contribution in [0.5, 0.6) is 0 Å². The molecule has 0 unspecified atom stereocenters. The molecular formula is C10H14N4O2S2. The Morgan fingerprint density at radius 1 is 1.39 bits per heavy atom. The third-order valence-corrected chi connectivity index (χ3v) is 5.24. The fourth-order valence-electron chi connectivity index (χ4n) is 1.34. The summed E-state index contributed by atoms with van der Waals surface area (Å²) in [6, 6.07) is 0. The van der Waals surface area contributed by atoms with Gasteiger partial charge in [0.2, 0.25) is 5.13 Å². The van der Waals surface area contributed by atoms with E-state index in [2.05, 4.69) is 15.3 Å². The van der Waals surface area contributed by atoms with Crippen LogP contribution < -0.4 is 0 Å². The average molecular weight is 286 g/mol. The Kier molecular flexibility index (Phi) is 3.49. The van der Waals surface area contributed by atoms with Crippen LogP contribution in [0.3, 0.4) is 0 Å². The Morgan fingerprint density at radius 3 is 2.67 bits per heavy atom. The molecule has 0 atom stereocenters. The largest absolute Gasteiger partial charge is 0.228 e. The summed E-state index contributed by atoms with van der Waals surface area (Å²) in [5.74, 6) is 0.0299. The molecule has 18 heavy (non-hydrogen) atoms. The van der Waals surface area contributed by atoms with Crippen LogP contribution >= 0.6 is 11.3 Å². The molecule has 2 rings (SSSR count). The van der Waals surface area contributed by atoms with Crippen molar-refractivity contribution in [1.29, 1.82) is 0 Å². The summed E-state index contributed by atoms with van der Waals surface area (Å²) in [6.45, 7) is 5.53. The van der Waals surface area contributed by atoms with E-state index in [9.17, 15) is 8.42 Å². The van der Waals surface area contributed by atoms with Crippen molar-refractivity contribution in [3.63, 3.8) is 0 Å². The predicted molar refractivity (Wildman–Crippen MR) is 69.7 cm³/mol. The van der Waals surface area contributed by atoms with E-state index in [4.69, 9.17) is 0 Å². The number of thiazole rings is 1. The zero-order valence-electron chi connectivity index (χ0n) is 10.4. The molecule has 0 aliphatic carbocycles. The van der Waals surface area contributed by atoms with Crippen LogP contribution in [0.15, 0.2) is 6.20 Å². The molecule has 0 aliphatic rings. The van der Waals surface area contributed by atoms with E-state index in [0.717, 1.165) is 10.6 Å². The van der Waals surface area contributed by atoms with Crippen molar-refractivity contribution in [2.45, 2.75) is 26.5 Å². The highest BCUT2D eigenvalue weighted by molar-refractivity contribution is 7.90. The number of sulfone groups is 1. The van der Waals surface area contributed by atoms with E-state index in [1.165, 1.54) is 16.0 Å². The molecule has 2 aromatic heterocycles. The van der Waals surface area contributed by atoms with Gasteiger partial charge in [0.1, 0.15) is 0 Å². The average Bonchev–Trinajstić information content (AvgIpc) is 2.87. The monoisotopic (exact) mass is 286 g/mol. The van der Waals surface area contributed by atoms with Crippen molar-refractivity contribution in [3.05, 3.63) is 22.5 Å². The van der Waals surface area contributed by atoms with Gasteiger partial charge >= 0.3 is 0 Å². The first-order chi connectivity index (χ1) is 8.41. The second kappa shape index (κ2) is 4.77. The Balaban J connectivity index is 2.26. The highest BCUT2D eigenvalue weighted by Gasteiger charge is 2.14. The summed E-state index contributed by atoms with van der Waals surface area (Å²) in [4.78, 5) is 5.45. The first kappa shape index (κ1) is 13.2. The SMILES string of the molecule is CCS(=O)(=O)Cc1cn(-c2nc(C)c(C)s2)nn1. The van der Waals surface area contributed by atoms with Crippen LogP contribution in [0.25, 0.3) is 5.13 Å². The van der Waals surface area contributed by atoms with E-state index in [1.807, 2.05) is 13.8 Å². The predicted octanol–water partition coefficient (Wildman–Crippen LogP) is 1.28. The summed E-state index contributed by atoms with van der Waals surface area (Å²) in [5, 5.41) is 8.48. The van der Waals surface area contributed by atoms with Crippen molar-refractivity contribution in [2.75, 3.05) is 5.75 Å². The summed E-state index contributed by atoms with van der Waals surface area (Å²) < 4.78 is 24.5. The minimum atomic E-state index is -3.08. The minimum Gasteiger partial charge on any atom is -0.228 e. The number of rotatable bonds is 4. The number of aromatic nitrogens is 4. The maximum atomic E-state index is 11.5. The first-order valence-corrected chi connectivity index (χ1v) is 8.11. The number of hydrogen-bond acceptors (Lipinski definition) is 6. The third kappa shape index (κ3) is 2.75. The van der Waals surface area contributed by atoms with Gasteiger partial charge in [-0.3, -0.25) is 0 Å². The van der Waals surface area contributed by atoms with E-state index in [0.29, 0.717) is 10.8 Å². The van der Waals surface area contributed by atoms with Crippen LogP contribution in [-0.2, 0) is 15.6 Å². The lowest BCUT2D eigenvalue weighted by atomic mass is 10.4. The molecule has 6 nitrogen and oxygen atoms in total. The second-order valence-corrected chi connectivity index (χ2v) is 7.50. The molecule has 0 aliphatic heterocycles. The molecule has 0 spiro atoms. The van der Waals surface area contributed by atoms with Crippen molar-refractivity contribution in [1.82, 2.24) is 20.0 Å². The van der Waals surface area contributed by atoms with Gasteiger partial charge < -0.3 is 0 Å². The Morgan fingerprint density at radius 2 is 2.11 bits per heavy atom. The van der Waals surface area contributed by atoms with Crippen molar-refractivity contribution in [2.24, 2.45) is 0 Å². The Bertz CT molecular complexity index is 638. The van der Waals surface area contributed by atoms with Gasteiger partial charge in [0, 0.05) is 10.6 Å². The van der Waals surface area contributed by atoms with Gasteiger partial charge in [-0.2, -0.15) is 4.68 Å². The van der Waals surface area contributed by atoms with E-state index in [-0.39, 0.29) is 11.5 Å². The fraction of sp³-hybridized carbons (Fsp3) is 0.500. The van der Waals surface area contributed by atoms with Crippen LogP contribution in [0.2, 0.25) is 0 Å². The number of hydrogen-bond donors (Lipinski definition) is 0. The summed E-state index contributed by atoms with van der Waals surface area (Å²) >= 11 is 1.50. The van der Waals surface area contributed by atoms with Crippen LogP contribution in [-0.4, -0.2) is 34.1 Å². The molecule has 0 aromatic carbocycles. The molecule has 0 saturated heterocycles. The zero-order chi connectivity index (χ0) is 13.3. The highest BCUT2D eigenvalue weighted by atomic mass is 32.2. The highest BCUT2D eigenvalue weighted by Crippen LogP contribution is 2.19. The van der Waals surface area contributed by atoms with Crippen LogP contribution in [0.4, 0.5) is 0 Å². The maximum Gasteiger partial charge on any atom is 0.212 e. The molecule has 2 aromatic rings. The van der Waals surface area contributed by atoms with E-state index in [1.54, 1.807) is 13.1 Å². The smallest absolute Gasteiger partial charge is 0.212 e. The molecule has 8 heteroatoms. The fourth-order valence-corrected chi connectivity index (χ4v) is 2.96. The maximum absolute atomic E-state index is 11.5. The standard InChI is InChI=1S/C10H14N4O2S2/c1-4-18(15,16)6-9-5-14(13-12-9)10-11-7(2)8(3)17-10/h5H,4,6H2,1-3H3. The topological polar surface area (TPSA) is 77.7 Å². The number of nitrogens with zero attached hydrogens (tertiary/aromatic N) is 4. The molecular weight excluding hydrogens is 272 g/mol.